The number of carbonyl (C=O) groups excluding carboxylic acids is 1. The predicted octanol–water partition coefficient (Wildman–Crippen LogP) is 4.06. The second-order valence-electron chi connectivity index (χ2n) is 11.6. The Morgan fingerprint density at radius 2 is 1.94 bits per heavy atom. The molecule has 4 aliphatic rings. The van der Waals surface area contributed by atoms with Gasteiger partial charge in [-0.2, -0.15) is 0 Å². The van der Waals surface area contributed by atoms with Crippen molar-refractivity contribution in [1.29, 1.82) is 0 Å². The molecule has 0 aliphatic heterocycles. The Hall–Kier alpha value is -2.33. The number of carbonyl (C=O) groups is 2. The van der Waals surface area contributed by atoms with E-state index in [-0.39, 0.29) is 29.8 Å². The monoisotopic (exact) mass is 484 g/mol. The highest BCUT2D eigenvalue weighted by molar-refractivity contribution is 5.96. The first-order valence-electron chi connectivity index (χ1n) is 13.2. The SMILES string of the molecule is C#C[C@]1(O)CC[C@@H]2[C@@H]3CCC4=C/C(=N\OCC(=O)NCCCCC(=O)O)CC[C@]4(C)[C@H]3CC[C@@]21C. The van der Waals surface area contributed by atoms with Crippen LogP contribution in [0.1, 0.15) is 84.5 Å². The normalized spacial score (nSPS) is 39.0. The van der Waals surface area contributed by atoms with E-state index in [2.05, 4.69) is 36.3 Å². The van der Waals surface area contributed by atoms with Gasteiger partial charge in [0.25, 0.3) is 5.91 Å². The number of fused-ring (bicyclic) bond motifs is 5. The fourth-order valence-electron chi connectivity index (χ4n) is 7.75. The highest BCUT2D eigenvalue weighted by Crippen LogP contribution is 2.67. The zero-order chi connectivity index (χ0) is 25.3. The number of oxime groups is 1. The van der Waals surface area contributed by atoms with Gasteiger partial charge in [0.2, 0.25) is 0 Å². The number of allylic oxidation sites excluding steroid dienone is 2. The molecule has 0 heterocycles. The summed E-state index contributed by atoms with van der Waals surface area (Å²) in [5, 5.41) is 26.8. The van der Waals surface area contributed by atoms with Crippen molar-refractivity contribution in [2.45, 2.75) is 90.1 Å². The molecular weight excluding hydrogens is 444 g/mol. The third kappa shape index (κ3) is 4.74. The zero-order valence-electron chi connectivity index (χ0n) is 21.1. The maximum absolute atomic E-state index is 11.9. The van der Waals surface area contributed by atoms with Gasteiger partial charge in [-0.3, -0.25) is 9.59 Å². The molecular formula is C28H40N2O5. The molecule has 0 aromatic rings. The molecule has 3 saturated carbocycles. The molecule has 7 nitrogen and oxygen atoms in total. The molecule has 6 atom stereocenters. The fourth-order valence-corrected chi connectivity index (χ4v) is 7.75. The topological polar surface area (TPSA) is 108 Å². The molecule has 3 N–H and O–H groups in total. The Bertz CT molecular complexity index is 951. The van der Waals surface area contributed by atoms with Crippen molar-refractivity contribution in [1.82, 2.24) is 5.32 Å². The van der Waals surface area contributed by atoms with Crippen molar-refractivity contribution in [3.8, 4) is 12.3 Å². The lowest BCUT2D eigenvalue weighted by Crippen LogP contribution is -2.54. The third-order valence-corrected chi connectivity index (χ3v) is 9.88. The zero-order valence-corrected chi connectivity index (χ0v) is 21.1. The molecule has 0 aromatic heterocycles. The molecule has 1 amide bonds. The predicted molar refractivity (Wildman–Crippen MR) is 133 cm³/mol. The molecule has 7 heteroatoms. The van der Waals surface area contributed by atoms with Crippen LogP contribution in [0, 0.1) is 40.9 Å². The van der Waals surface area contributed by atoms with Crippen molar-refractivity contribution in [3.05, 3.63) is 11.6 Å². The van der Waals surface area contributed by atoms with Crippen LogP contribution in [0.2, 0.25) is 0 Å². The van der Waals surface area contributed by atoms with E-state index in [9.17, 15) is 14.7 Å². The maximum atomic E-state index is 11.9. The first-order chi connectivity index (χ1) is 16.6. The van der Waals surface area contributed by atoms with Gasteiger partial charge in [0.15, 0.2) is 6.61 Å². The number of terminal acetylenes is 1. The highest BCUT2D eigenvalue weighted by Gasteiger charge is 2.63. The van der Waals surface area contributed by atoms with E-state index in [1.165, 1.54) is 5.57 Å². The lowest BCUT2D eigenvalue weighted by Gasteiger charge is -2.58. The molecule has 192 valence electrons. The molecule has 3 fully saturated rings. The first kappa shape index (κ1) is 25.8. The number of hydrogen-bond donors (Lipinski definition) is 3. The summed E-state index contributed by atoms with van der Waals surface area (Å²) < 4.78 is 0. The van der Waals surface area contributed by atoms with Crippen molar-refractivity contribution >= 4 is 17.6 Å². The number of carboxylic acids is 1. The Kier molecular flexibility index (Phi) is 7.33. The summed E-state index contributed by atoms with van der Waals surface area (Å²) in [7, 11) is 0. The maximum Gasteiger partial charge on any atom is 0.303 e. The Balaban J connectivity index is 1.33. The highest BCUT2D eigenvalue weighted by atomic mass is 16.6. The van der Waals surface area contributed by atoms with Crippen LogP contribution in [0.5, 0.6) is 0 Å². The van der Waals surface area contributed by atoms with Gasteiger partial charge in [-0.25, -0.2) is 0 Å². The third-order valence-electron chi connectivity index (χ3n) is 9.88. The van der Waals surface area contributed by atoms with Crippen LogP contribution in [0.4, 0.5) is 0 Å². The van der Waals surface area contributed by atoms with Crippen LogP contribution in [0.15, 0.2) is 16.8 Å². The number of rotatable bonds is 8. The van der Waals surface area contributed by atoms with Crippen molar-refractivity contribution in [3.63, 3.8) is 0 Å². The van der Waals surface area contributed by atoms with Gasteiger partial charge < -0.3 is 20.4 Å². The average molecular weight is 485 g/mol. The van der Waals surface area contributed by atoms with Crippen LogP contribution >= 0.6 is 0 Å². The lowest BCUT2D eigenvalue weighted by molar-refractivity contribution is -0.137. The second-order valence-corrected chi connectivity index (χ2v) is 11.6. The van der Waals surface area contributed by atoms with E-state index in [1.807, 2.05) is 0 Å². The van der Waals surface area contributed by atoms with E-state index < -0.39 is 11.6 Å². The van der Waals surface area contributed by atoms with E-state index in [0.717, 1.165) is 57.1 Å². The average Bonchev–Trinajstić information content (AvgIpc) is 3.10. The number of nitrogens with zero attached hydrogens (tertiary/aromatic N) is 1. The van der Waals surface area contributed by atoms with E-state index in [0.29, 0.717) is 37.1 Å². The van der Waals surface area contributed by atoms with Gasteiger partial charge in [0.05, 0.1) is 5.71 Å². The number of nitrogens with one attached hydrogen (secondary N) is 1. The van der Waals surface area contributed by atoms with Crippen molar-refractivity contribution in [2.75, 3.05) is 13.2 Å². The summed E-state index contributed by atoms with van der Waals surface area (Å²) in [6.45, 7) is 4.95. The summed E-state index contributed by atoms with van der Waals surface area (Å²) in [5.74, 6) is 3.39. The molecule has 0 radical (unpaired) electrons. The quantitative estimate of drug-likeness (QED) is 0.274. The standard InChI is InChI=1S/C28H40N2O5/c1-4-28(34)15-12-23-21-9-8-19-17-20(10-13-26(19,2)22(21)11-14-27(23,28)3)30-35-18-24(31)29-16-6-5-7-25(32)33/h1,17,21-23,34H,5-16,18H2,2-3H3,(H,29,31)(H,32,33)/b30-20-/t21-,22+,23-,26+,27+,28+/m1/s1. The Labute approximate surface area is 208 Å². The van der Waals surface area contributed by atoms with E-state index in [1.54, 1.807) is 0 Å². The minimum absolute atomic E-state index is 0.113. The van der Waals surface area contributed by atoms with Crippen LogP contribution in [0.3, 0.4) is 0 Å². The number of aliphatic carboxylic acids is 1. The number of carboxylic acid groups (broad SMARTS) is 1. The molecule has 35 heavy (non-hydrogen) atoms. The van der Waals surface area contributed by atoms with Crippen LogP contribution in [-0.2, 0) is 14.4 Å². The molecule has 0 aromatic carbocycles. The minimum Gasteiger partial charge on any atom is -0.481 e. The Morgan fingerprint density at radius 3 is 2.69 bits per heavy atom. The molecule has 4 aliphatic carbocycles. The van der Waals surface area contributed by atoms with Crippen LogP contribution in [0.25, 0.3) is 0 Å². The summed E-state index contributed by atoms with van der Waals surface area (Å²) in [6.07, 6.45) is 17.1. The van der Waals surface area contributed by atoms with Gasteiger partial charge in [-0.05, 0) is 93.5 Å². The van der Waals surface area contributed by atoms with Crippen molar-refractivity contribution in [2.24, 2.45) is 33.7 Å². The second kappa shape index (κ2) is 9.97. The lowest BCUT2D eigenvalue weighted by atomic mass is 9.46. The number of aliphatic hydroxyl groups is 1. The summed E-state index contributed by atoms with van der Waals surface area (Å²) >= 11 is 0. The van der Waals surface area contributed by atoms with Gasteiger partial charge >= 0.3 is 5.97 Å². The van der Waals surface area contributed by atoms with Gasteiger partial charge in [-0.15, -0.1) is 6.42 Å². The number of unbranched alkanes of at least 4 members (excludes halogenated alkanes) is 1. The molecule has 4 rings (SSSR count). The summed E-state index contributed by atoms with van der Waals surface area (Å²) in [5.41, 5.74) is 1.35. The van der Waals surface area contributed by atoms with Crippen LogP contribution < -0.4 is 5.32 Å². The van der Waals surface area contributed by atoms with Gasteiger partial charge in [-0.1, -0.05) is 30.5 Å². The molecule has 0 spiro atoms. The van der Waals surface area contributed by atoms with Gasteiger partial charge in [0, 0.05) is 18.4 Å². The van der Waals surface area contributed by atoms with E-state index >= 15 is 0 Å². The summed E-state index contributed by atoms with van der Waals surface area (Å²) in [6, 6.07) is 0. The molecule has 0 unspecified atom stereocenters. The van der Waals surface area contributed by atoms with Crippen molar-refractivity contribution < 1.29 is 24.6 Å². The smallest absolute Gasteiger partial charge is 0.303 e. The largest absolute Gasteiger partial charge is 0.481 e. The summed E-state index contributed by atoms with van der Waals surface area (Å²) in [4.78, 5) is 27.8. The minimum atomic E-state index is -0.964. The number of amides is 1. The molecule has 0 bridgehead atoms. The van der Waals surface area contributed by atoms with Crippen LogP contribution in [-0.4, -0.2) is 46.6 Å². The molecule has 0 saturated heterocycles. The first-order valence-corrected chi connectivity index (χ1v) is 13.2. The fraction of sp³-hybridized carbons (Fsp3) is 0.750. The van der Waals surface area contributed by atoms with E-state index in [4.69, 9.17) is 16.4 Å². The van der Waals surface area contributed by atoms with Gasteiger partial charge in [0.1, 0.15) is 5.60 Å². The number of hydrogen-bond acceptors (Lipinski definition) is 5. The Morgan fingerprint density at radius 1 is 1.17 bits per heavy atom.